The average molecular weight is 169 g/mol. The van der Waals surface area contributed by atoms with Crippen molar-refractivity contribution in [1.82, 2.24) is 0 Å². The molecule has 0 saturated heterocycles. The van der Waals surface area contributed by atoms with Crippen LogP contribution in [0.3, 0.4) is 0 Å². The maximum absolute atomic E-state index is 5.65. The molecule has 0 aromatic rings. The molecule has 0 bridgehead atoms. The first-order valence-corrected chi connectivity index (χ1v) is 5.08. The molecule has 1 saturated carbocycles. The highest BCUT2D eigenvalue weighted by Gasteiger charge is 2.24. The maximum Gasteiger partial charge on any atom is 0.00441 e. The Labute approximate surface area is 77.0 Å². The average Bonchev–Trinajstić information content (AvgIpc) is 2.00. The van der Waals surface area contributed by atoms with Crippen molar-refractivity contribution in [1.29, 1.82) is 0 Å². The number of hydrogen-bond acceptors (Lipinski definition) is 1. The summed E-state index contributed by atoms with van der Waals surface area (Å²) in [6.07, 6.45) is 4.99. The van der Waals surface area contributed by atoms with E-state index in [-0.39, 0.29) is 0 Å². The van der Waals surface area contributed by atoms with E-state index >= 15 is 0 Å². The molecule has 0 heterocycles. The fourth-order valence-electron chi connectivity index (χ4n) is 1.47. The molecule has 12 heavy (non-hydrogen) atoms. The Morgan fingerprint density at radius 3 is 2.25 bits per heavy atom. The summed E-state index contributed by atoms with van der Waals surface area (Å²) in [6.45, 7) is 9.97. The first-order chi connectivity index (χ1) is 5.68. The summed E-state index contributed by atoms with van der Waals surface area (Å²) in [6, 6.07) is 0.509. The summed E-state index contributed by atoms with van der Waals surface area (Å²) < 4.78 is 0. The third-order valence-electron chi connectivity index (χ3n) is 2.25. The number of nitrogens with two attached hydrogens (primary N) is 1. The maximum atomic E-state index is 5.65. The van der Waals surface area contributed by atoms with Gasteiger partial charge in [0.15, 0.2) is 0 Å². The van der Waals surface area contributed by atoms with Gasteiger partial charge in [-0.15, -0.1) is 6.58 Å². The molecule has 1 aliphatic rings. The van der Waals surface area contributed by atoms with Crippen LogP contribution in [-0.4, -0.2) is 6.04 Å². The first-order valence-electron chi connectivity index (χ1n) is 5.08. The lowest BCUT2D eigenvalue weighted by Crippen LogP contribution is -2.36. The minimum atomic E-state index is 0.509. The lowest BCUT2D eigenvalue weighted by molar-refractivity contribution is 0.250. The van der Waals surface area contributed by atoms with Gasteiger partial charge in [-0.2, -0.15) is 0 Å². The molecule has 0 atom stereocenters. The molecule has 1 heteroatoms. The minimum Gasteiger partial charge on any atom is -0.328 e. The molecular formula is C11H23N. The molecular weight excluding hydrogens is 146 g/mol. The molecule has 0 unspecified atom stereocenters. The molecule has 1 fully saturated rings. The van der Waals surface area contributed by atoms with Crippen LogP contribution in [0.5, 0.6) is 0 Å². The molecule has 0 aliphatic heterocycles. The molecule has 1 rings (SSSR count). The molecule has 0 spiro atoms. The van der Waals surface area contributed by atoms with Crippen molar-refractivity contribution in [2.24, 2.45) is 11.7 Å². The highest BCUT2D eigenvalue weighted by atomic mass is 14.7. The van der Waals surface area contributed by atoms with Crippen LogP contribution < -0.4 is 5.73 Å². The smallest absolute Gasteiger partial charge is 0.00441 e. The van der Waals surface area contributed by atoms with E-state index in [1.54, 1.807) is 0 Å². The Balaban J connectivity index is 0.000000561. The summed E-state index contributed by atoms with van der Waals surface area (Å²) in [5.41, 5.74) is 6.96. The molecule has 1 nitrogen and oxygen atoms in total. The van der Waals surface area contributed by atoms with Crippen LogP contribution in [0.4, 0.5) is 0 Å². The largest absolute Gasteiger partial charge is 0.328 e. The van der Waals surface area contributed by atoms with E-state index in [2.05, 4.69) is 13.5 Å². The Kier molecular flexibility index (Phi) is 6.09. The standard InChI is InChI=1S/C9H17N.C2H6/c1-7(2)3-4-8-5-9(10)6-8;1-2/h8-9H,1,3-6,10H2,2H3;1-2H3. The lowest BCUT2D eigenvalue weighted by atomic mass is 9.78. The first kappa shape index (κ1) is 11.7. The number of rotatable bonds is 3. The van der Waals surface area contributed by atoms with Crippen LogP contribution in [-0.2, 0) is 0 Å². The Hall–Kier alpha value is -0.300. The van der Waals surface area contributed by atoms with Crippen molar-refractivity contribution < 1.29 is 0 Å². The highest BCUT2D eigenvalue weighted by Crippen LogP contribution is 2.30. The third kappa shape index (κ3) is 4.55. The van der Waals surface area contributed by atoms with E-state index in [1.807, 2.05) is 13.8 Å². The quantitative estimate of drug-likeness (QED) is 0.645. The molecule has 0 aromatic carbocycles. The van der Waals surface area contributed by atoms with Gasteiger partial charge in [-0.05, 0) is 38.5 Å². The fraction of sp³-hybridized carbons (Fsp3) is 0.818. The third-order valence-corrected chi connectivity index (χ3v) is 2.25. The normalized spacial score (nSPS) is 26.7. The molecule has 0 amide bonds. The number of hydrogen-bond donors (Lipinski definition) is 1. The molecule has 72 valence electrons. The second-order valence-corrected chi connectivity index (χ2v) is 3.59. The molecule has 0 aromatic heterocycles. The van der Waals surface area contributed by atoms with Gasteiger partial charge >= 0.3 is 0 Å². The van der Waals surface area contributed by atoms with Crippen LogP contribution in [0.1, 0.15) is 46.5 Å². The zero-order chi connectivity index (χ0) is 9.56. The van der Waals surface area contributed by atoms with Crippen molar-refractivity contribution in [3.05, 3.63) is 12.2 Å². The lowest BCUT2D eigenvalue weighted by Gasteiger charge is -2.32. The van der Waals surface area contributed by atoms with Gasteiger partial charge in [-0.3, -0.25) is 0 Å². The zero-order valence-electron chi connectivity index (χ0n) is 8.77. The Bertz CT molecular complexity index is 123. The van der Waals surface area contributed by atoms with Crippen molar-refractivity contribution in [3.8, 4) is 0 Å². The van der Waals surface area contributed by atoms with Gasteiger partial charge in [0, 0.05) is 6.04 Å². The predicted molar refractivity (Wildman–Crippen MR) is 56.1 cm³/mol. The zero-order valence-corrected chi connectivity index (χ0v) is 8.77. The van der Waals surface area contributed by atoms with Crippen molar-refractivity contribution in [2.45, 2.75) is 52.5 Å². The highest BCUT2D eigenvalue weighted by molar-refractivity contribution is 4.91. The van der Waals surface area contributed by atoms with E-state index in [9.17, 15) is 0 Å². The van der Waals surface area contributed by atoms with Crippen molar-refractivity contribution in [2.75, 3.05) is 0 Å². The topological polar surface area (TPSA) is 26.0 Å². The van der Waals surface area contributed by atoms with E-state index in [0.29, 0.717) is 6.04 Å². The van der Waals surface area contributed by atoms with Gasteiger partial charge in [-0.25, -0.2) is 0 Å². The predicted octanol–water partition coefficient (Wildman–Crippen LogP) is 3.11. The Morgan fingerprint density at radius 1 is 1.42 bits per heavy atom. The molecule has 0 radical (unpaired) electrons. The number of allylic oxidation sites excluding steroid dienone is 1. The second kappa shape index (κ2) is 6.24. The van der Waals surface area contributed by atoms with E-state index in [0.717, 1.165) is 5.92 Å². The minimum absolute atomic E-state index is 0.509. The van der Waals surface area contributed by atoms with Gasteiger partial charge in [0.1, 0.15) is 0 Å². The van der Waals surface area contributed by atoms with Gasteiger partial charge < -0.3 is 5.73 Å². The van der Waals surface area contributed by atoms with Crippen molar-refractivity contribution >= 4 is 0 Å². The van der Waals surface area contributed by atoms with Crippen LogP contribution in [0, 0.1) is 5.92 Å². The van der Waals surface area contributed by atoms with Crippen LogP contribution >= 0.6 is 0 Å². The van der Waals surface area contributed by atoms with Gasteiger partial charge in [0.25, 0.3) is 0 Å². The summed E-state index contributed by atoms with van der Waals surface area (Å²) in [5, 5.41) is 0. The Morgan fingerprint density at radius 2 is 1.92 bits per heavy atom. The SMILES string of the molecule is C=C(C)CCC1CC(N)C1.CC. The monoisotopic (exact) mass is 169 g/mol. The van der Waals surface area contributed by atoms with Gasteiger partial charge in [0.05, 0.1) is 0 Å². The summed E-state index contributed by atoms with van der Waals surface area (Å²) in [7, 11) is 0. The van der Waals surface area contributed by atoms with E-state index in [4.69, 9.17) is 5.73 Å². The van der Waals surface area contributed by atoms with Gasteiger partial charge in [0.2, 0.25) is 0 Å². The summed E-state index contributed by atoms with van der Waals surface area (Å²) >= 11 is 0. The second-order valence-electron chi connectivity index (χ2n) is 3.59. The molecule has 1 aliphatic carbocycles. The van der Waals surface area contributed by atoms with E-state index < -0.39 is 0 Å². The van der Waals surface area contributed by atoms with Crippen LogP contribution in [0.15, 0.2) is 12.2 Å². The molecule has 2 N–H and O–H groups in total. The summed E-state index contributed by atoms with van der Waals surface area (Å²) in [5.74, 6) is 0.909. The van der Waals surface area contributed by atoms with Gasteiger partial charge in [-0.1, -0.05) is 19.4 Å². The van der Waals surface area contributed by atoms with Crippen molar-refractivity contribution in [3.63, 3.8) is 0 Å². The van der Waals surface area contributed by atoms with Crippen LogP contribution in [0.2, 0.25) is 0 Å². The van der Waals surface area contributed by atoms with E-state index in [1.165, 1.54) is 31.3 Å². The fourth-order valence-corrected chi connectivity index (χ4v) is 1.47. The van der Waals surface area contributed by atoms with Crippen LogP contribution in [0.25, 0.3) is 0 Å². The summed E-state index contributed by atoms with van der Waals surface area (Å²) in [4.78, 5) is 0.